The van der Waals surface area contributed by atoms with Crippen LogP contribution < -0.4 is 14.4 Å². The summed E-state index contributed by atoms with van der Waals surface area (Å²) in [6, 6.07) is 22.1. The lowest BCUT2D eigenvalue weighted by Gasteiger charge is -2.47. The van der Waals surface area contributed by atoms with Crippen molar-refractivity contribution in [1.29, 1.82) is 0 Å². The quantitative estimate of drug-likeness (QED) is 0.351. The van der Waals surface area contributed by atoms with Crippen molar-refractivity contribution in [2.75, 3.05) is 18.6 Å². The van der Waals surface area contributed by atoms with Crippen molar-refractivity contribution >= 4 is 17.6 Å². The monoisotopic (exact) mass is 442 g/mol. The molecule has 0 spiro atoms. The van der Waals surface area contributed by atoms with E-state index in [0.29, 0.717) is 5.92 Å². The molecule has 3 aromatic carbocycles. The average molecular weight is 443 g/mol. The van der Waals surface area contributed by atoms with Crippen molar-refractivity contribution in [3.05, 3.63) is 77.9 Å². The van der Waals surface area contributed by atoms with Crippen LogP contribution in [0.4, 0.5) is 11.4 Å². The number of rotatable bonds is 7. The van der Waals surface area contributed by atoms with E-state index in [4.69, 9.17) is 14.5 Å². The minimum atomic E-state index is 0.188. The third kappa shape index (κ3) is 5.22. The predicted molar refractivity (Wildman–Crippen MR) is 138 cm³/mol. The molecule has 3 aromatic rings. The van der Waals surface area contributed by atoms with Crippen LogP contribution in [0.3, 0.4) is 0 Å². The lowest BCUT2D eigenvalue weighted by atomic mass is 9.79. The van der Waals surface area contributed by atoms with Crippen LogP contribution >= 0.6 is 0 Å². The van der Waals surface area contributed by atoms with Crippen molar-refractivity contribution in [2.45, 2.75) is 52.0 Å². The normalized spacial score (nSPS) is 17.1. The van der Waals surface area contributed by atoms with Crippen LogP contribution in [0.25, 0.3) is 0 Å². The number of hydrogen-bond acceptors (Lipinski definition) is 4. The van der Waals surface area contributed by atoms with Crippen molar-refractivity contribution in [3.63, 3.8) is 0 Å². The topological polar surface area (TPSA) is 34.1 Å². The van der Waals surface area contributed by atoms with Crippen LogP contribution in [0, 0.1) is 0 Å². The van der Waals surface area contributed by atoms with Crippen LogP contribution in [0.5, 0.6) is 17.2 Å². The second kappa shape index (κ2) is 9.70. The standard InChI is InChI=1S/C29H34N2O2/c1-6-17-31-28-16-7-22(18-27(28)21(2)19-29(31,3)4)20-30-23-8-10-25(11-9-23)33-26-14-12-24(32-5)13-15-26/h7-16,18,20-21H,6,17,19H2,1-5H3. The molecule has 1 aliphatic heterocycles. The van der Waals surface area contributed by atoms with Gasteiger partial charge in [0.1, 0.15) is 17.2 Å². The summed E-state index contributed by atoms with van der Waals surface area (Å²) in [5, 5.41) is 0. The van der Waals surface area contributed by atoms with Crippen LogP contribution in [0.1, 0.15) is 57.6 Å². The maximum atomic E-state index is 5.90. The molecule has 0 saturated carbocycles. The van der Waals surface area contributed by atoms with Gasteiger partial charge in [-0.1, -0.05) is 19.9 Å². The largest absolute Gasteiger partial charge is 0.497 e. The molecule has 4 rings (SSSR count). The zero-order valence-electron chi connectivity index (χ0n) is 20.3. The molecule has 1 atom stereocenters. The Hall–Kier alpha value is -3.27. The Bertz CT molecular complexity index is 1100. The van der Waals surface area contributed by atoms with E-state index >= 15 is 0 Å². The minimum absolute atomic E-state index is 0.188. The lowest BCUT2D eigenvalue weighted by Crippen LogP contribution is -2.48. The fraction of sp³-hybridized carbons (Fsp3) is 0.345. The van der Waals surface area contributed by atoms with Gasteiger partial charge in [0.15, 0.2) is 0 Å². The second-order valence-corrected chi connectivity index (χ2v) is 9.42. The van der Waals surface area contributed by atoms with Crippen molar-refractivity contribution in [1.82, 2.24) is 0 Å². The highest BCUT2D eigenvalue weighted by Crippen LogP contribution is 2.43. The Labute approximate surface area is 197 Å². The molecule has 1 heterocycles. The first-order valence-electron chi connectivity index (χ1n) is 11.8. The molecule has 0 aromatic heterocycles. The molecular formula is C29H34N2O2. The maximum Gasteiger partial charge on any atom is 0.127 e. The van der Waals surface area contributed by atoms with E-state index < -0.39 is 0 Å². The van der Waals surface area contributed by atoms with Crippen molar-refractivity contribution in [3.8, 4) is 17.2 Å². The van der Waals surface area contributed by atoms with Crippen LogP contribution in [0.15, 0.2) is 71.7 Å². The van der Waals surface area contributed by atoms with Gasteiger partial charge in [-0.15, -0.1) is 0 Å². The number of aliphatic imine (C=N–C) groups is 1. The van der Waals surface area contributed by atoms with Gasteiger partial charge in [-0.25, -0.2) is 0 Å². The number of anilines is 1. The number of nitrogens with zero attached hydrogens (tertiary/aromatic N) is 2. The van der Waals surface area contributed by atoms with Gasteiger partial charge < -0.3 is 14.4 Å². The number of methoxy groups -OCH3 is 1. The minimum Gasteiger partial charge on any atom is -0.497 e. The molecule has 1 unspecified atom stereocenters. The summed E-state index contributed by atoms with van der Waals surface area (Å²) in [7, 11) is 1.65. The average Bonchev–Trinajstić information content (AvgIpc) is 2.81. The molecule has 4 nitrogen and oxygen atoms in total. The van der Waals surface area contributed by atoms with Crippen LogP contribution in [-0.2, 0) is 0 Å². The Morgan fingerprint density at radius 3 is 2.24 bits per heavy atom. The molecule has 0 aliphatic carbocycles. The Kier molecular flexibility index (Phi) is 6.73. The first-order chi connectivity index (χ1) is 15.9. The zero-order valence-corrected chi connectivity index (χ0v) is 20.3. The molecule has 0 bridgehead atoms. The highest BCUT2D eigenvalue weighted by Gasteiger charge is 2.35. The van der Waals surface area contributed by atoms with Crippen molar-refractivity contribution in [2.24, 2.45) is 4.99 Å². The van der Waals surface area contributed by atoms with Gasteiger partial charge in [0, 0.05) is 24.0 Å². The van der Waals surface area contributed by atoms with Gasteiger partial charge in [0.2, 0.25) is 0 Å². The fourth-order valence-electron chi connectivity index (χ4n) is 4.77. The molecule has 4 heteroatoms. The van der Waals surface area contributed by atoms with Gasteiger partial charge in [-0.2, -0.15) is 0 Å². The van der Waals surface area contributed by atoms with Gasteiger partial charge in [0.25, 0.3) is 0 Å². The van der Waals surface area contributed by atoms with E-state index in [1.165, 1.54) is 11.3 Å². The highest BCUT2D eigenvalue weighted by atomic mass is 16.5. The number of hydrogen-bond donors (Lipinski definition) is 0. The van der Waals surface area contributed by atoms with E-state index in [-0.39, 0.29) is 5.54 Å². The third-order valence-corrected chi connectivity index (χ3v) is 6.35. The summed E-state index contributed by atoms with van der Waals surface area (Å²) in [6.45, 7) is 10.4. The molecule has 0 amide bonds. The smallest absolute Gasteiger partial charge is 0.127 e. The molecule has 1 aliphatic rings. The van der Waals surface area contributed by atoms with Crippen LogP contribution in [0.2, 0.25) is 0 Å². The number of ether oxygens (including phenoxy) is 2. The maximum absolute atomic E-state index is 5.90. The molecule has 0 N–H and O–H groups in total. The number of benzene rings is 3. The summed E-state index contributed by atoms with van der Waals surface area (Å²) in [5.41, 5.74) is 5.02. The lowest BCUT2D eigenvalue weighted by molar-refractivity contribution is 0.376. The highest BCUT2D eigenvalue weighted by molar-refractivity contribution is 5.83. The second-order valence-electron chi connectivity index (χ2n) is 9.42. The summed E-state index contributed by atoms with van der Waals surface area (Å²) in [4.78, 5) is 7.27. The Morgan fingerprint density at radius 1 is 0.970 bits per heavy atom. The molecule has 0 fully saturated rings. The summed E-state index contributed by atoms with van der Waals surface area (Å²) in [5.74, 6) is 2.90. The van der Waals surface area contributed by atoms with Crippen molar-refractivity contribution < 1.29 is 9.47 Å². The van der Waals surface area contributed by atoms with E-state index in [2.05, 4.69) is 50.8 Å². The molecule has 33 heavy (non-hydrogen) atoms. The fourth-order valence-corrected chi connectivity index (χ4v) is 4.77. The van der Waals surface area contributed by atoms with Crippen LogP contribution in [-0.4, -0.2) is 25.4 Å². The summed E-state index contributed by atoms with van der Waals surface area (Å²) < 4.78 is 11.1. The Balaban J connectivity index is 1.47. The van der Waals surface area contributed by atoms with E-state index in [9.17, 15) is 0 Å². The van der Waals surface area contributed by atoms with E-state index in [0.717, 1.165) is 47.9 Å². The third-order valence-electron chi connectivity index (χ3n) is 6.35. The van der Waals surface area contributed by atoms with Gasteiger partial charge in [0.05, 0.1) is 12.8 Å². The Morgan fingerprint density at radius 2 is 1.61 bits per heavy atom. The van der Waals surface area contributed by atoms with Gasteiger partial charge in [-0.05, 0) is 104 Å². The summed E-state index contributed by atoms with van der Waals surface area (Å²) in [6.07, 6.45) is 4.27. The number of fused-ring (bicyclic) bond motifs is 1. The van der Waals surface area contributed by atoms with Gasteiger partial charge >= 0.3 is 0 Å². The molecule has 0 radical (unpaired) electrons. The predicted octanol–water partition coefficient (Wildman–Crippen LogP) is 7.74. The first kappa shape index (κ1) is 22.9. The first-order valence-corrected chi connectivity index (χ1v) is 11.8. The van der Waals surface area contributed by atoms with Gasteiger partial charge in [-0.3, -0.25) is 4.99 Å². The zero-order chi connectivity index (χ0) is 23.4. The molecule has 172 valence electrons. The van der Waals surface area contributed by atoms with E-state index in [1.807, 2.05) is 54.7 Å². The molecular weight excluding hydrogens is 408 g/mol. The summed E-state index contributed by atoms with van der Waals surface area (Å²) >= 11 is 0. The molecule has 0 saturated heterocycles. The SMILES string of the molecule is CCCN1c2ccc(C=Nc3ccc(Oc4ccc(OC)cc4)cc3)cc2C(C)CC1(C)C. The van der Waals surface area contributed by atoms with E-state index in [1.54, 1.807) is 7.11 Å².